The smallest absolute Gasteiger partial charge is 0.135 e. The van der Waals surface area contributed by atoms with Gasteiger partial charge in [0.15, 0.2) is 0 Å². The Morgan fingerprint density at radius 1 is 0.926 bits per heavy atom. The van der Waals surface area contributed by atoms with Gasteiger partial charge in [0.2, 0.25) is 0 Å². The maximum Gasteiger partial charge on any atom is 0.135 e. The molecule has 2 heterocycles. The van der Waals surface area contributed by atoms with E-state index in [4.69, 9.17) is 4.74 Å². The highest BCUT2D eigenvalue weighted by Crippen LogP contribution is 2.34. The highest BCUT2D eigenvalue weighted by Gasteiger charge is 2.35. The summed E-state index contributed by atoms with van der Waals surface area (Å²) >= 11 is 1.55. The molecule has 1 aliphatic heterocycles. The molecule has 1 aliphatic carbocycles. The summed E-state index contributed by atoms with van der Waals surface area (Å²) in [7, 11) is 0. The molecule has 0 spiro atoms. The van der Waals surface area contributed by atoms with Crippen LogP contribution in [0.15, 0.2) is 60.9 Å². The first-order valence-electron chi connectivity index (χ1n) is 9.91. The molecule has 2 aliphatic rings. The van der Waals surface area contributed by atoms with E-state index in [1.165, 1.54) is 29.4 Å². The number of piperidine rings is 1. The second-order valence-corrected chi connectivity index (χ2v) is 9.08. The summed E-state index contributed by atoms with van der Waals surface area (Å²) in [5.41, 5.74) is 2.42. The van der Waals surface area contributed by atoms with Crippen molar-refractivity contribution in [2.75, 3.05) is 13.1 Å². The fourth-order valence-electron chi connectivity index (χ4n) is 3.74. The lowest BCUT2D eigenvalue weighted by Gasteiger charge is -2.28. The second-order valence-electron chi connectivity index (χ2n) is 7.55. The number of pyridine rings is 1. The van der Waals surface area contributed by atoms with Gasteiger partial charge in [-0.05, 0) is 34.7 Å². The van der Waals surface area contributed by atoms with Gasteiger partial charge in [-0.3, -0.25) is 4.98 Å². The third-order valence-corrected chi connectivity index (χ3v) is 6.98. The SMILES string of the molecule is c1ccc(-c2cc(OC3CCN([SH+]C4CC4)CC3)c3cnccc3c2)cc1. The van der Waals surface area contributed by atoms with Crippen molar-refractivity contribution in [1.29, 1.82) is 0 Å². The van der Waals surface area contributed by atoms with Crippen molar-refractivity contribution in [1.82, 2.24) is 9.29 Å². The first-order chi connectivity index (χ1) is 13.3. The Morgan fingerprint density at radius 3 is 2.52 bits per heavy atom. The number of hydrogen-bond donors (Lipinski definition) is 0. The predicted octanol–water partition coefficient (Wildman–Crippen LogP) is 4.64. The molecular formula is C23H25N2OS+. The Labute approximate surface area is 164 Å². The summed E-state index contributed by atoms with van der Waals surface area (Å²) in [5.74, 6) is 0.970. The topological polar surface area (TPSA) is 25.4 Å². The van der Waals surface area contributed by atoms with Gasteiger partial charge in [-0.1, -0.05) is 30.3 Å². The monoisotopic (exact) mass is 377 g/mol. The van der Waals surface area contributed by atoms with Crippen LogP contribution in [0.2, 0.25) is 0 Å². The molecule has 2 fully saturated rings. The van der Waals surface area contributed by atoms with Crippen LogP contribution in [0.4, 0.5) is 0 Å². The molecule has 3 aromatic rings. The van der Waals surface area contributed by atoms with Gasteiger partial charge in [0.05, 0.1) is 11.9 Å². The first kappa shape index (κ1) is 17.1. The summed E-state index contributed by atoms with van der Waals surface area (Å²) in [6.07, 6.45) is 9.14. The molecule has 1 aromatic heterocycles. The van der Waals surface area contributed by atoms with E-state index in [1.807, 2.05) is 12.4 Å². The standard InChI is InChI=1S/C23H24N2OS/c1-2-4-17(5-3-1)19-14-18-8-11-24-16-22(18)23(15-19)26-20-9-12-25(13-10-20)27-21-6-7-21/h1-5,8,11,14-16,20-21H,6-7,9-10,12-13H2/p+1. The Kier molecular flexibility index (Phi) is 4.76. The summed E-state index contributed by atoms with van der Waals surface area (Å²) in [4.78, 5) is 4.33. The van der Waals surface area contributed by atoms with Gasteiger partial charge in [0.1, 0.15) is 17.1 Å². The van der Waals surface area contributed by atoms with Gasteiger partial charge >= 0.3 is 0 Å². The zero-order valence-electron chi connectivity index (χ0n) is 15.4. The van der Waals surface area contributed by atoms with E-state index in [-0.39, 0.29) is 0 Å². The first-order valence-corrected chi connectivity index (χ1v) is 10.8. The molecule has 2 aromatic carbocycles. The number of hydrogen-bond acceptors (Lipinski definition) is 3. The second kappa shape index (κ2) is 7.53. The van der Waals surface area contributed by atoms with Crippen molar-refractivity contribution in [3.05, 3.63) is 60.9 Å². The molecule has 0 radical (unpaired) electrons. The molecule has 3 nitrogen and oxygen atoms in total. The number of thiol groups is 1. The van der Waals surface area contributed by atoms with Crippen LogP contribution < -0.4 is 4.74 Å². The van der Waals surface area contributed by atoms with Crippen molar-refractivity contribution in [3.63, 3.8) is 0 Å². The average Bonchev–Trinajstić information content (AvgIpc) is 3.54. The van der Waals surface area contributed by atoms with E-state index < -0.39 is 0 Å². The minimum Gasteiger partial charge on any atom is -0.490 e. The zero-order chi connectivity index (χ0) is 18.1. The number of rotatable bonds is 5. The number of ether oxygens (including phenoxy) is 1. The summed E-state index contributed by atoms with van der Waals surface area (Å²) in [6, 6.07) is 17.0. The highest BCUT2D eigenvalue weighted by molar-refractivity contribution is 7.77. The minimum absolute atomic E-state index is 0.296. The fraction of sp³-hybridized carbons (Fsp3) is 0.348. The van der Waals surface area contributed by atoms with Gasteiger partial charge in [-0.2, -0.15) is 0 Å². The lowest BCUT2D eigenvalue weighted by Crippen LogP contribution is -2.38. The van der Waals surface area contributed by atoms with E-state index in [2.05, 4.69) is 57.8 Å². The van der Waals surface area contributed by atoms with Gasteiger partial charge in [-0.15, -0.1) is 4.31 Å². The highest BCUT2D eigenvalue weighted by atomic mass is 32.2. The molecule has 5 rings (SSSR count). The van der Waals surface area contributed by atoms with Crippen LogP contribution in [0.25, 0.3) is 21.9 Å². The van der Waals surface area contributed by atoms with Crippen LogP contribution in [-0.4, -0.2) is 33.7 Å². The van der Waals surface area contributed by atoms with Gasteiger partial charge in [0.25, 0.3) is 0 Å². The summed E-state index contributed by atoms with van der Waals surface area (Å²) in [5, 5.41) is 3.24. The summed E-state index contributed by atoms with van der Waals surface area (Å²) < 4.78 is 9.12. The molecule has 1 saturated carbocycles. The van der Waals surface area contributed by atoms with E-state index in [1.54, 1.807) is 11.9 Å². The Balaban J connectivity index is 1.38. The zero-order valence-corrected chi connectivity index (χ0v) is 16.3. The third kappa shape index (κ3) is 3.97. The fourth-order valence-corrected chi connectivity index (χ4v) is 5.04. The van der Waals surface area contributed by atoms with Crippen LogP contribution in [0, 0.1) is 0 Å². The van der Waals surface area contributed by atoms with Crippen molar-refractivity contribution < 1.29 is 4.74 Å². The minimum atomic E-state index is 0.296. The van der Waals surface area contributed by atoms with E-state index in [0.717, 1.165) is 42.3 Å². The number of fused-ring (bicyclic) bond motifs is 1. The molecule has 4 heteroatoms. The molecular weight excluding hydrogens is 352 g/mol. The molecule has 0 N–H and O–H groups in total. The van der Waals surface area contributed by atoms with Gasteiger partial charge < -0.3 is 4.74 Å². The van der Waals surface area contributed by atoms with Crippen LogP contribution >= 0.6 is 0 Å². The van der Waals surface area contributed by atoms with Crippen molar-refractivity contribution >= 4 is 22.7 Å². The van der Waals surface area contributed by atoms with Crippen LogP contribution in [0.1, 0.15) is 25.7 Å². The quantitative estimate of drug-likeness (QED) is 0.478. The maximum atomic E-state index is 6.53. The molecule has 1 saturated heterocycles. The Hall–Kier alpha value is -2.04. The summed E-state index contributed by atoms with van der Waals surface area (Å²) in [6.45, 7) is 2.30. The van der Waals surface area contributed by atoms with E-state index in [9.17, 15) is 0 Å². The molecule has 0 bridgehead atoms. The average molecular weight is 378 g/mol. The maximum absolute atomic E-state index is 6.53. The molecule has 0 unspecified atom stereocenters. The third-order valence-electron chi connectivity index (χ3n) is 5.41. The lowest BCUT2D eigenvalue weighted by atomic mass is 10.0. The molecule has 138 valence electrons. The number of benzene rings is 2. The number of aromatic nitrogens is 1. The number of nitrogens with zero attached hydrogens (tertiary/aromatic N) is 2. The van der Waals surface area contributed by atoms with Crippen LogP contribution in [0.3, 0.4) is 0 Å². The van der Waals surface area contributed by atoms with Crippen molar-refractivity contribution in [2.24, 2.45) is 0 Å². The predicted molar refractivity (Wildman–Crippen MR) is 114 cm³/mol. The molecule has 0 amide bonds. The van der Waals surface area contributed by atoms with E-state index >= 15 is 0 Å². The molecule has 0 atom stereocenters. The Bertz CT molecular complexity index is 918. The van der Waals surface area contributed by atoms with Gasteiger partial charge in [0, 0.05) is 56.6 Å². The van der Waals surface area contributed by atoms with Crippen molar-refractivity contribution in [3.8, 4) is 16.9 Å². The lowest BCUT2D eigenvalue weighted by molar-refractivity contribution is 0.140. The van der Waals surface area contributed by atoms with Crippen molar-refractivity contribution in [2.45, 2.75) is 37.0 Å². The largest absolute Gasteiger partial charge is 0.490 e. The molecule has 27 heavy (non-hydrogen) atoms. The van der Waals surface area contributed by atoms with Crippen LogP contribution in [0.5, 0.6) is 5.75 Å². The van der Waals surface area contributed by atoms with E-state index in [0.29, 0.717) is 6.10 Å². The Morgan fingerprint density at radius 2 is 1.74 bits per heavy atom. The normalized spacial score (nSPS) is 18.7. The van der Waals surface area contributed by atoms with Gasteiger partial charge in [-0.25, -0.2) is 0 Å². The van der Waals surface area contributed by atoms with Crippen LogP contribution in [-0.2, 0) is 11.9 Å².